The summed E-state index contributed by atoms with van der Waals surface area (Å²) in [5.41, 5.74) is 8.19. The van der Waals surface area contributed by atoms with E-state index in [1.807, 2.05) is 79.0 Å². The third-order valence-electron chi connectivity index (χ3n) is 5.73. The fourth-order valence-electron chi connectivity index (χ4n) is 4.06. The van der Waals surface area contributed by atoms with E-state index in [-0.39, 0.29) is 5.91 Å². The number of H-pyrrole nitrogens is 1. The van der Waals surface area contributed by atoms with E-state index in [2.05, 4.69) is 28.9 Å². The Morgan fingerprint density at radius 2 is 1.79 bits per heavy atom. The molecule has 0 aliphatic carbocycles. The van der Waals surface area contributed by atoms with Crippen LogP contribution in [0.5, 0.6) is 0 Å². The SMILES string of the molecule is C=C(Nc1cccc(-c2cccc3c2/C(=C/c2ccc[nH]2)C(=O)N3)c1)c1ccc([N+](=C)O)cc1. The number of amides is 1. The van der Waals surface area contributed by atoms with Crippen molar-refractivity contribution in [1.82, 2.24) is 4.98 Å². The zero-order valence-electron chi connectivity index (χ0n) is 18.4. The van der Waals surface area contributed by atoms with E-state index in [0.717, 1.165) is 49.8 Å². The smallest absolute Gasteiger partial charge is 0.256 e. The van der Waals surface area contributed by atoms with Gasteiger partial charge in [-0.2, -0.15) is 0 Å². The molecule has 4 N–H and O–H groups in total. The number of nitrogens with zero attached hydrogens (tertiary/aromatic N) is 1. The molecular weight excluding hydrogens is 424 g/mol. The summed E-state index contributed by atoms with van der Waals surface area (Å²) >= 11 is 0. The van der Waals surface area contributed by atoms with E-state index in [1.165, 1.54) is 0 Å². The molecule has 5 rings (SSSR count). The molecule has 0 radical (unpaired) electrons. The Balaban J connectivity index is 1.47. The predicted octanol–water partition coefficient (Wildman–Crippen LogP) is 5.99. The van der Waals surface area contributed by atoms with Crippen molar-refractivity contribution in [2.24, 2.45) is 0 Å². The number of carbonyl (C=O) groups excluding carboxylic acids is 1. The maximum Gasteiger partial charge on any atom is 0.256 e. The first-order valence-electron chi connectivity index (χ1n) is 10.8. The number of hydrogen-bond acceptors (Lipinski definition) is 3. The second kappa shape index (κ2) is 8.60. The van der Waals surface area contributed by atoms with Crippen molar-refractivity contribution in [2.45, 2.75) is 0 Å². The minimum atomic E-state index is -0.119. The molecule has 1 aliphatic heterocycles. The first kappa shape index (κ1) is 21.0. The van der Waals surface area contributed by atoms with Crippen LogP contribution in [0, 0.1) is 0 Å². The molecule has 2 heterocycles. The van der Waals surface area contributed by atoms with Crippen LogP contribution in [0.25, 0.3) is 28.5 Å². The molecule has 0 bridgehead atoms. The van der Waals surface area contributed by atoms with E-state index in [4.69, 9.17) is 0 Å². The minimum absolute atomic E-state index is 0.119. The molecule has 0 atom stereocenters. The quantitative estimate of drug-likeness (QED) is 0.0963. The lowest BCUT2D eigenvalue weighted by molar-refractivity contribution is -0.706. The summed E-state index contributed by atoms with van der Waals surface area (Å²) in [6.45, 7) is 7.61. The molecule has 3 aromatic carbocycles. The van der Waals surface area contributed by atoms with Gasteiger partial charge in [-0.15, -0.1) is 0 Å². The summed E-state index contributed by atoms with van der Waals surface area (Å²) < 4.78 is 0.819. The van der Waals surface area contributed by atoms with Gasteiger partial charge in [0.1, 0.15) is 0 Å². The molecule has 6 nitrogen and oxygen atoms in total. The molecule has 4 aromatic rings. The van der Waals surface area contributed by atoms with E-state index >= 15 is 0 Å². The zero-order valence-corrected chi connectivity index (χ0v) is 18.4. The molecule has 0 saturated heterocycles. The van der Waals surface area contributed by atoms with Crippen LogP contribution in [0.3, 0.4) is 0 Å². The molecule has 1 aliphatic rings. The van der Waals surface area contributed by atoms with Crippen LogP contribution in [0.15, 0.2) is 91.6 Å². The maximum atomic E-state index is 12.7. The van der Waals surface area contributed by atoms with Crippen molar-refractivity contribution in [1.29, 1.82) is 0 Å². The van der Waals surface area contributed by atoms with Crippen LogP contribution in [0.4, 0.5) is 17.1 Å². The lowest BCUT2D eigenvalue weighted by atomic mass is 9.94. The van der Waals surface area contributed by atoms with Crippen molar-refractivity contribution in [3.8, 4) is 11.1 Å². The van der Waals surface area contributed by atoms with Gasteiger partial charge in [-0.1, -0.05) is 30.8 Å². The molecule has 1 aromatic heterocycles. The Kier molecular flexibility index (Phi) is 5.32. The van der Waals surface area contributed by atoms with Gasteiger partial charge in [-0.3, -0.25) is 10.0 Å². The van der Waals surface area contributed by atoms with Gasteiger partial charge in [0.15, 0.2) is 6.72 Å². The number of hydrogen-bond donors (Lipinski definition) is 4. The number of aromatic nitrogens is 1. The van der Waals surface area contributed by atoms with Gasteiger partial charge in [-0.25, -0.2) is 0 Å². The van der Waals surface area contributed by atoms with E-state index in [1.54, 1.807) is 12.1 Å². The largest absolute Gasteiger partial charge is 0.362 e. The van der Waals surface area contributed by atoms with Gasteiger partial charge < -0.3 is 15.6 Å². The Bertz CT molecular complexity index is 1450. The average molecular weight is 448 g/mol. The minimum Gasteiger partial charge on any atom is -0.362 e. The van der Waals surface area contributed by atoms with Crippen molar-refractivity contribution < 1.29 is 14.7 Å². The lowest BCUT2D eigenvalue weighted by Gasteiger charge is -2.13. The van der Waals surface area contributed by atoms with Gasteiger partial charge in [0.05, 0.1) is 5.57 Å². The predicted molar refractivity (Wildman–Crippen MR) is 137 cm³/mol. The summed E-state index contributed by atoms with van der Waals surface area (Å²) in [4.78, 5) is 15.9. The standard InChI is InChI=1S/C28H22N4O2/c1-18(19-11-13-23(14-12-19)32(2)34)30-22-7-3-6-20(16-22)24-9-4-10-26-27(24)25(28(33)31-26)17-21-8-5-15-29-21/h3-17,30H,1-2H2,(H2-,29,31,33,34)/p+1. The molecule has 0 unspecified atom stereocenters. The Hall–Kier alpha value is -4.84. The van der Waals surface area contributed by atoms with Gasteiger partial charge in [0, 0.05) is 51.4 Å². The summed E-state index contributed by atoms with van der Waals surface area (Å²) in [5.74, 6) is -0.119. The monoisotopic (exact) mass is 447 g/mol. The molecule has 166 valence electrons. The number of benzene rings is 3. The van der Waals surface area contributed by atoms with Gasteiger partial charge in [0.25, 0.3) is 11.6 Å². The van der Waals surface area contributed by atoms with E-state index in [0.29, 0.717) is 11.3 Å². The summed E-state index contributed by atoms with van der Waals surface area (Å²) in [7, 11) is 0. The number of aromatic amines is 1. The van der Waals surface area contributed by atoms with Crippen LogP contribution in [0.1, 0.15) is 16.8 Å². The second-order valence-electron chi connectivity index (χ2n) is 8.00. The van der Waals surface area contributed by atoms with Crippen molar-refractivity contribution in [2.75, 3.05) is 10.6 Å². The van der Waals surface area contributed by atoms with Crippen LogP contribution in [-0.4, -0.2) is 27.6 Å². The molecule has 1 amide bonds. The highest BCUT2D eigenvalue weighted by atomic mass is 16.5. The van der Waals surface area contributed by atoms with Crippen LogP contribution in [-0.2, 0) is 4.79 Å². The van der Waals surface area contributed by atoms with Crippen LogP contribution < -0.4 is 10.6 Å². The number of fused-ring (bicyclic) bond motifs is 1. The maximum absolute atomic E-state index is 12.7. The zero-order chi connectivity index (χ0) is 23.7. The fourth-order valence-corrected chi connectivity index (χ4v) is 4.06. The van der Waals surface area contributed by atoms with Crippen LogP contribution in [0.2, 0.25) is 0 Å². The van der Waals surface area contributed by atoms with Crippen molar-refractivity contribution in [3.63, 3.8) is 0 Å². The summed E-state index contributed by atoms with van der Waals surface area (Å²) in [6, 6.07) is 25.0. The van der Waals surface area contributed by atoms with Gasteiger partial charge in [-0.05, 0) is 65.2 Å². The molecule has 0 fully saturated rings. The van der Waals surface area contributed by atoms with E-state index in [9.17, 15) is 10.0 Å². The summed E-state index contributed by atoms with van der Waals surface area (Å²) in [5, 5.41) is 15.8. The van der Waals surface area contributed by atoms with E-state index < -0.39 is 0 Å². The normalized spacial score (nSPS) is 13.4. The third-order valence-corrected chi connectivity index (χ3v) is 5.73. The molecule has 34 heavy (non-hydrogen) atoms. The van der Waals surface area contributed by atoms with Crippen molar-refractivity contribution >= 4 is 47.0 Å². The molecular formula is C28H23N4O2+. The fraction of sp³-hybridized carbons (Fsp3) is 0. The number of anilines is 2. The second-order valence-corrected chi connectivity index (χ2v) is 8.00. The molecule has 6 heteroatoms. The number of nitrogens with one attached hydrogen (secondary N) is 3. The van der Waals surface area contributed by atoms with Gasteiger partial charge in [0.2, 0.25) is 0 Å². The Morgan fingerprint density at radius 3 is 2.53 bits per heavy atom. The topological polar surface area (TPSA) is 80.2 Å². The Morgan fingerprint density at radius 1 is 1.00 bits per heavy atom. The van der Waals surface area contributed by atoms with Crippen molar-refractivity contribution in [3.05, 3.63) is 108 Å². The lowest BCUT2D eigenvalue weighted by Crippen LogP contribution is -2.03. The first-order chi connectivity index (χ1) is 16.5. The molecule has 0 saturated carbocycles. The Labute approximate surface area is 197 Å². The first-order valence-corrected chi connectivity index (χ1v) is 10.8. The number of rotatable bonds is 6. The van der Waals surface area contributed by atoms with Crippen LogP contribution >= 0.6 is 0 Å². The highest BCUT2D eigenvalue weighted by Crippen LogP contribution is 2.41. The highest BCUT2D eigenvalue weighted by Gasteiger charge is 2.27. The number of carbonyl (C=O) groups is 1. The van der Waals surface area contributed by atoms with Gasteiger partial charge >= 0.3 is 0 Å². The molecule has 0 spiro atoms. The summed E-state index contributed by atoms with van der Waals surface area (Å²) in [6.07, 6.45) is 3.71. The average Bonchev–Trinajstić information content (AvgIpc) is 3.47. The third kappa shape index (κ3) is 4.00. The highest BCUT2D eigenvalue weighted by molar-refractivity contribution is 6.36.